The van der Waals surface area contributed by atoms with E-state index in [9.17, 15) is 5.11 Å². The maximum absolute atomic E-state index is 9.98. The van der Waals surface area contributed by atoms with Crippen LogP contribution >= 0.6 is 0 Å². The van der Waals surface area contributed by atoms with Crippen LogP contribution in [0.5, 0.6) is 0 Å². The molecule has 0 amide bonds. The van der Waals surface area contributed by atoms with Gasteiger partial charge in [-0.2, -0.15) is 0 Å². The van der Waals surface area contributed by atoms with Crippen LogP contribution in [0.2, 0.25) is 0 Å². The topological polar surface area (TPSA) is 41.5 Å². The summed E-state index contributed by atoms with van der Waals surface area (Å²) in [7, 11) is 0. The minimum absolute atomic E-state index is 0.168. The van der Waals surface area contributed by atoms with Crippen LogP contribution in [0, 0.1) is 5.92 Å². The summed E-state index contributed by atoms with van der Waals surface area (Å²) < 4.78 is 5.45. The standard InChI is InChI=1S/C17H27NO2/c1-13(2)20-12-16(19)11-18-17(15-9-6-10-15)14-7-4-3-5-8-14/h3-5,7-8,13,15-19H,6,9-12H2,1-2H3. The second-order valence-corrected chi connectivity index (χ2v) is 6.02. The molecule has 3 heteroatoms. The third-order valence-corrected chi connectivity index (χ3v) is 3.98. The van der Waals surface area contributed by atoms with Gasteiger partial charge in [-0.15, -0.1) is 0 Å². The van der Waals surface area contributed by atoms with Gasteiger partial charge in [-0.05, 0) is 38.2 Å². The smallest absolute Gasteiger partial charge is 0.0898 e. The first-order chi connectivity index (χ1) is 9.66. The Balaban J connectivity index is 1.85. The molecular weight excluding hydrogens is 250 g/mol. The Labute approximate surface area is 122 Å². The van der Waals surface area contributed by atoms with Crippen molar-refractivity contribution in [3.8, 4) is 0 Å². The number of hydrogen-bond acceptors (Lipinski definition) is 3. The molecule has 1 aliphatic carbocycles. The fraction of sp³-hybridized carbons (Fsp3) is 0.647. The van der Waals surface area contributed by atoms with E-state index in [-0.39, 0.29) is 6.10 Å². The summed E-state index contributed by atoms with van der Waals surface area (Å²) in [5.74, 6) is 0.704. The first-order valence-electron chi connectivity index (χ1n) is 7.75. The van der Waals surface area contributed by atoms with Gasteiger partial charge in [0.05, 0.1) is 18.8 Å². The Morgan fingerprint density at radius 3 is 2.50 bits per heavy atom. The zero-order valence-electron chi connectivity index (χ0n) is 12.6. The average molecular weight is 277 g/mol. The highest BCUT2D eigenvalue weighted by atomic mass is 16.5. The molecule has 1 fully saturated rings. The molecule has 1 aromatic rings. The van der Waals surface area contributed by atoms with Gasteiger partial charge in [0.2, 0.25) is 0 Å². The minimum Gasteiger partial charge on any atom is -0.389 e. The quantitative estimate of drug-likeness (QED) is 0.767. The molecule has 0 saturated heterocycles. The lowest BCUT2D eigenvalue weighted by atomic mass is 9.77. The largest absolute Gasteiger partial charge is 0.389 e. The van der Waals surface area contributed by atoms with E-state index in [2.05, 4.69) is 29.6 Å². The molecule has 2 unspecified atom stereocenters. The van der Waals surface area contributed by atoms with E-state index < -0.39 is 6.10 Å². The summed E-state index contributed by atoms with van der Waals surface area (Å²) in [6.07, 6.45) is 3.62. The predicted octanol–water partition coefficient (Wildman–Crippen LogP) is 2.90. The number of ether oxygens (including phenoxy) is 1. The maximum Gasteiger partial charge on any atom is 0.0898 e. The molecule has 0 spiro atoms. The Morgan fingerprint density at radius 2 is 1.95 bits per heavy atom. The summed E-state index contributed by atoms with van der Waals surface area (Å²) in [6, 6.07) is 10.9. The van der Waals surface area contributed by atoms with Gasteiger partial charge in [0, 0.05) is 12.6 Å². The van der Waals surface area contributed by atoms with Gasteiger partial charge in [0.25, 0.3) is 0 Å². The number of aliphatic hydroxyl groups excluding tert-OH is 1. The van der Waals surface area contributed by atoms with Gasteiger partial charge >= 0.3 is 0 Å². The molecule has 112 valence electrons. The highest BCUT2D eigenvalue weighted by Crippen LogP contribution is 2.37. The van der Waals surface area contributed by atoms with Crippen molar-refractivity contribution in [3.05, 3.63) is 35.9 Å². The van der Waals surface area contributed by atoms with Crippen molar-refractivity contribution < 1.29 is 9.84 Å². The molecule has 0 aromatic heterocycles. The molecular formula is C17H27NO2. The van der Waals surface area contributed by atoms with Crippen LogP contribution in [-0.2, 0) is 4.74 Å². The highest BCUT2D eigenvalue weighted by Gasteiger charge is 2.28. The van der Waals surface area contributed by atoms with Crippen LogP contribution < -0.4 is 5.32 Å². The number of aliphatic hydroxyl groups is 1. The van der Waals surface area contributed by atoms with Crippen molar-refractivity contribution in [1.82, 2.24) is 5.32 Å². The van der Waals surface area contributed by atoms with E-state index in [0.29, 0.717) is 25.1 Å². The van der Waals surface area contributed by atoms with E-state index in [1.165, 1.54) is 24.8 Å². The van der Waals surface area contributed by atoms with Crippen molar-refractivity contribution in [2.45, 2.75) is 51.4 Å². The third kappa shape index (κ3) is 4.58. The van der Waals surface area contributed by atoms with E-state index in [4.69, 9.17) is 4.74 Å². The van der Waals surface area contributed by atoms with Crippen molar-refractivity contribution in [3.63, 3.8) is 0 Å². The molecule has 2 N–H and O–H groups in total. The molecule has 3 nitrogen and oxygen atoms in total. The minimum atomic E-state index is -0.441. The zero-order valence-corrected chi connectivity index (χ0v) is 12.6. The summed E-state index contributed by atoms with van der Waals surface area (Å²) >= 11 is 0. The van der Waals surface area contributed by atoms with Crippen molar-refractivity contribution >= 4 is 0 Å². The van der Waals surface area contributed by atoms with Crippen molar-refractivity contribution in [2.75, 3.05) is 13.2 Å². The van der Waals surface area contributed by atoms with Gasteiger partial charge in [-0.1, -0.05) is 36.8 Å². The van der Waals surface area contributed by atoms with Gasteiger partial charge in [-0.25, -0.2) is 0 Å². The van der Waals surface area contributed by atoms with Crippen LogP contribution in [0.3, 0.4) is 0 Å². The summed E-state index contributed by atoms with van der Waals surface area (Å²) in [5.41, 5.74) is 1.33. The van der Waals surface area contributed by atoms with E-state index in [1.807, 2.05) is 19.9 Å². The van der Waals surface area contributed by atoms with Gasteiger partial charge in [0.1, 0.15) is 0 Å². The zero-order chi connectivity index (χ0) is 14.4. The van der Waals surface area contributed by atoms with Gasteiger partial charge in [-0.3, -0.25) is 0 Å². The SMILES string of the molecule is CC(C)OCC(O)CNC(c1ccccc1)C1CCC1. The van der Waals surface area contributed by atoms with Crippen LogP contribution in [0.4, 0.5) is 0 Å². The predicted molar refractivity (Wildman–Crippen MR) is 81.6 cm³/mol. The lowest BCUT2D eigenvalue weighted by Gasteiger charge is -2.35. The van der Waals surface area contributed by atoms with Crippen LogP contribution in [0.1, 0.15) is 44.7 Å². The van der Waals surface area contributed by atoms with Crippen LogP contribution in [-0.4, -0.2) is 30.5 Å². The molecule has 0 aliphatic heterocycles. The first kappa shape index (κ1) is 15.5. The Kier molecular flexibility index (Phi) is 6.02. The fourth-order valence-electron chi connectivity index (χ4n) is 2.62. The third-order valence-electron chi connectivity index (χ3n) is 3.98. The molecule has 2 rings (SSSR count). The van der Waals surface area contributed by atoms with Gasteiger partial charge < -0.3 is 15.2 Å². The van der Waals surface area contributed by atoms with Crippen molar-refractivity contribution in [2.24, 2.45) is 5.92 Å². The second-order valence-electron chi connectivity index (χ2n) is 6.02. The Morgan fingerprint density at radius 1 is 1.25 bits per heavy atom. The van der Waals surface area contributed by atoms with Crippen LogP contribution in [0.25, 0.3) is 0 Å². The molecule has 2 atom stereocenters. The lowest BCUT2D eigenvalue weighted by Crippen LogP contribution is -2.38. The molecule has 1 aromatic carbocycles. The van der Waals surface area contributed by atoms with Crippen molar-refractivity contribution in [1.29, 1.82) is 0 Å². The molecule has 1 aliphatic rings. The van der Waals surface area contributed by atoms with Gasteiger partial charge in [0.15, 0.2) is 0 Å². The van der Waals surface area contributed by atoms with E-state index in [1.54, 1.807) is 0 Å². The lowest BCUT2D eigenvalue weighted by molar-refractivity contribution is 0.00399. The number of benzene rings is 1. The van der Waals surface area contributed by atoms with E-state index in [0.717, 1.165) is 0 Å². The molecule has 0 bridgehead atoms. The monoisotopic (exact) mass is 277 g/mol. The molecule has 0 radical (unpaired) electrons. The molecule has 20 heavy (non-hydrogen) atoms. The number of rotatable bonds is 8. The number of hydrogen-bond donors (Lipinski definition) is 2. The highest BCUT2D eigenvalue weighted by molar-refractivity contribution is 5.20. The summed E-state index contributed by atoms with van der Waals surface area (Å²) in [4.78, 5) is 0. The first-order valence-corrected chi connectivity index (χ1v) is 7.75. The maximum atomic E-state index is 9.98. The summed E-state index contributed by atoms with van der Waals surface area (Å²) in [6.45, 7) is 4.96. The number of nitrogens with one attached hydrogen (secondary N) is 1. The Bertz CT molecular complexity index is 376. The van der Waals surface area contributed by atoms with Crippen LogP contribution in [0.15, 0.2) is 30.3 Å². The second kappa shape index (κ2) is 7.77. The fourth-order valence-corrected chi connectivity index (χ4v) is 2.62. The molecule has 1 saturated carbocycles. The molecule has 0 heterocycles. The van der Waals surface area contributed by atoms with E-state index >= 15 is 0 Å². The average Bonchev–Trinajstić information content (AvgIpc) is 2.39. The normalized spacial score (nSPS) is 18.8. The summed E-state index contributed by atoms with van der Waals surface area (Å²) in [5, 5.41) is 13.5. The Hall–Kier alpha value is -0.900.